The molecule has 1 heterocycles. The Morgan fingerprint density at radius 3 is 2.45 bits per heavy atom. The first-order valence-electron chi connectivity index (χ1n) is 9.38. The molecule has 0 radical (unpaired) electrons. The molecule has 0 saturated heterocycles. The van der Waals surface area contributed by atoms with E-state index >= 15 is 0 Å². The number of carbonyl (C=O) groups is 3. The topological polar surface area (TPSA) is 109 Å². The molecule has 1 aromatic heterocycles. The number of carbonyl (C=O) groups excluding carboxylic acids is 3. The van der Waals surface area contributed by atoms with Crippen molar-refractivity contribution in [3.05, 3.63) is 76.5 Å². The molecule has 9 heteroatoms. The van der Waals surface area contributed by atoms with Crippen LogP contribution in [0, 0.1) is 0 Å². The highest BCUT2D eigenvalue weighted by Crippen LogP contribution is 2.19. The van der Waals surface area contributed by atoms with E-state index in [9.17, 15) is 14.4 Å². The second kappa shape index (κ2) is 10.7. The van der Waals surface area contributed by atoms with Gasteiger partial charge < -0.3 is 15.4 Å². The molecule has 0 spiro atoms. The lowest BCUT2D eigenvalue weighted by atomic mass is 10.1. The van der Waals surface area contributed by atoms with Crippen LogP contribution in [-0.4, -0.2) is 30.5 Å². The lowest BCUT2D eigenvalue weighted by molar-refractivity contribution is -0.136. The lowest BCUT2D eigenvalue weighted by Gasteiger charge is -2.11. The normalized spacial score (nSPS) is 10.5. The monoisotopic (exact) mass is 436 g/mol. The van der Waals surface area contributed by atoms with Gasteiger partial charge in [-0.05, 0) is 54.8 Å². The summed E-state index contributed by atoms with van der Waals surface area (Å²) in [5.41, 5.74) is 3.13. The summed E-state index contributed by atoms with van der Waals surface area (Å²) in [6, 6.07) is 17.0. The van der Waals surface area contributed by atoms with E-state index in [4.69, 9.17) is 4.74 Å². The summed E-state index contributed by atoms with van der Waals surface area (Å²) in [4.78, 5) is 37.7. The minimum Gasteiger partial charge on any atom is -0.494 e. The number of para-hydroxylation sites is 1. The Labute approximate surface area is 182 Å². The third-order valence-electron chi connectivity index (χ3n) is 3.95. The number of thiophene rings is 1. The first-order chi connectivity index (χ1) is 15.1. The van der Waals surface area contributed by atoms with Crippen LogP contribution in [0.1, 0.15) is 22.2 Å². The SMILES string of the molecule is CCOc1ccc(NC(=O)c2ccccc2NC(=O)C(=O)N/N=C\c2cccs2)cc1. The van der Waals surface area contributed by atoms with Crippen LogP contribution in [0.25, 0.3) is 0 Å². The fourth-order valence-corrected chi connectivity index (χ4v) is 3.12. The van der Waals surface area contributed by atoms with Gasteiger partial charge in [0.2, 0.25) is 0 Å². The highest BCUT2D eigenvalue weighted by molar-refractivity contribution is 7.11. The first kappa shape index (κ1) is 21.7. The standard InChI is InChI=1S/C22H20N4O4S/c1-2-30-16-11-9-15(10-12-16)24-20(27)18-7-3-4-8-19(18)25-21(28)22(29)26-23-14-17-6-5-13-31-17/h3-14H,2H2,1H3,(H,24,27)(H,25,28)(H,26,29)/b23-14-. The summed E-state index contributed by atoms with van der Waals surface area (Å²) in [7, 11) is 0. The highest BCUT2D eigenvalue weighted by Gasteiger charge is 2.17. The number of hydrazone groups is 1. The number of anilines is 2. The molecule has 0 unspecified atom stereocenters. The van der Waals surface area contributed by atoms with Gasteiger partial charge in [0.1, 0.15) is 5.75 Å². The second-order valence-electron chi connectivity index (χ2n) is 6.13. The van der Waals surface area contributed by atoms with E-state index < -0.39 is 17.7 Å². The molecule has 0 aliphatic carbocycles. The minimum absolute atomic E-state index is 0.202. The number of nitrogens with zero attached hydrogens (tertiary/aromatic N) is 1. The van der Waals surface area contributed by atoms with Gasteiger partial charge in [0.25, 0.3) is 5.91 Å². The van der Waals surface area contributed by atoms with Gasteiger partial charge in [-0.15, -0.1) is 11.3 Å². The summed E-state index contributed by atoms with van der Waals surface area (Å²) < 4.78 is 5.38. The van der Waals surface area contributed by atoms with E-state index in [0.717, 1.165) is 4.88 Å². The third kappa shape index (κ3) is 6.25. The molecule has 3 rings (SSSR count). The Kier molecular flexibility index (Phi) is 7.50. The average molecular weight is 436 g/mol. The number of hydrogen-bond donors (Lipinski definition) is 3. The highest BCUT2D eigenvalue weighted by atomic mass is 32.1. The number of benzene rings is 2. The quantitative estimate of drug-likeness (QED) is 0.299. The summed E-state index contributed by atoms with van der Waals surface area (Å²) in [6.07, 6.45) is 1.44. The van der Waals surface area contributed by atoms with Gasteiger partial charge in [0.05, 0.1) is 24.1 Å². The van der Waals surface area contributed by atoms with Gasteiger partial charge in [0, 0.05) is 10.6 Å². The number of ether oxygens (including phenoxy) is 1. The van der Waals surface area contributed by atoms with E-state index in [-0.39, 0.29) is 11.3 Å². The van der Waals surface area contributed by atoms with Gasteiger partial charge in [0.15, 0.2) is 0 Å². The maximum absolute atomic E-state index is 12.7. The number of hydrogen-bond acceptors (Lipinski definition) is 6. The fraction of sp³-hybridized carbons (Fsp3) is 0.0909. The molecule has 8 nitrogen and oxygen atoms in total. The van der Waals surface area contributed by atoms with E-state index in [1.807, 2.05) is 24.4 Å². The minimum atomic E-state index is -0.950. The van der Waals surface area contributed by atoms with Crippen molar-refractivity contribution in [2.75, 3.05) is 17.2 Å². The number of rotatable bonds is 7. The molecule has 3 aromatic rings. The zero-order chi connectivity index (χ0) is 22.1. The second-order valence-corrected chi connectivity index (χ2v) is 7.11. The lowest BCUT2D eigenvalue weighted by Crippen LogP contribution is -2.33. The zero-order valence-corrected chi connectivity index (χ0v) is 17.4. The van der Waals surface area contributed by atoms with E-state index in [2.05, 4.69) is 21.2 Å². The molecule has 0 atom stereocenters. The van der Waals surface area contributed by atoms with Crippen molar-refractivity contribution in [3.63, 3.8) is 0 Å². The van der Waals surface area contributed by atoms with E-state index in [1.54, 1.807) is 42.5 Å². The number of nitrogens with one attached hydrogen (secondary N) is 3. The third-order valence-corrected chi connectivity index (χ3v) is 4.76. The van der Waals surface area contributed by atoms with Gasteiger partial charge in [-0.1, -0.05) is 18.2 Å². The van der Waals surface area contributed by atoms with Crippen LogP contribution in [-0.2, 0) is 9.59 Å². The van der Waals surface area contributed by atoms with E-state index in [0.29, 0.717) is 18.0 Å². The molecule has 0 saturated carbocycles. The van der Waals surface area contributed by atoms with Crippen LogP contribution in [0.3, 0.4) is 0 Å². The van der Waals surface area contributed by atoms with Gasteiger partial charge in [-0.25, -0.2) is 5.43 Å². The molecule has 2 aromatic carbocycles. The largest absolute Gasteiger partial charge is 0.494 e. The summed E-state index contributed by atoms with van der Waals surface area (Å²) in [5, 5.41) is 10.8. The van der Waals surface area contributed by atoms with Crippen molar-refractivity contribution < 1.29 is 19.1 Å². The zero-order valence-electron chi connectivity index (χ0n) is 16.6. The van der Waals surface area contributed by atoms with Crippen molar-refractivity contribution in [3.8, 4) is 5.75 Å². The molecule has 158 valence electrons. The van der Waals surface area contributed by atoms with Crippen molar-refractivity contribution in [1.82, 2.24) is 5.43 Å². The van der Waals surface area contributed by atoms with Gasteiger partial charge in [-0.2, -0.15) is 5.10 Å². The van der Waals surface area contributed by atoms with Crippen molar-refractivity contribution in [1.29, 1.82) is 0 Å². The van der Waals surface area contributed by atoms with Crippen molar-refractivity contribution >= 4 is 46.6 Å². The predicted molar refractivity (Wildman–Crippen MR) is 121 cm³/mol. The summed E-state index contributed by atoms with van der Waals surface area (Å²) >= 11 is 1.44. The molecule has 3 N–H and O–H groups in total. The average Bonchev–Trinajstić information content (AvgIpc) is 3.29. The maximum Gasteiger partial charge on any atom is 0.329 e. The Hall–Kier alpha value is -3.98. The number of amides is 3. The summed E-state index contributed by atoms with van der Waals surface area (Å²) in [6.45, 7) is 2.43. The summed E-state index contributed by atoms with van der Waals surface area (Å²) in [5.74, 6) is -1.63. The van der Waals surface area contributed by atoms with Crippen LogP contribution < -0.4 is 20.8 Å². The molecule has 0 bridgehead atoms. The molecular formula is C22H20N4O4S. The van der Waals surface area contributed by atoms with Crippen LogP contribution in [0.2, 0.25) is 0 Å². The Balaban J connectivity index is 1.62. The van der Waals surface area contributed by atoms with Crippen LogP contribution >= 0.6 is 11.3 Å². The van der Waals surface area contributed by atoms with Crippen molar-refractivity contribution in [2.24, 2.45) is 5.10 Å². The molecule has 31 heavy (non-hydrogen) atoms. The Bertz CT molecular complexity index is 1080. The maximum atomic E-state index is 12.7. The fourth-order valence-electron chi connectivity index (χ4n) is 2.54. The van der Waals surface area contributed by atoms with Crippen LogP contribution in [0.5, 0.6) is 5.75 Å². The predicted octanol–water partition coefficient (Wildman–Crippen LogP) is 3.49. The first-order valence-corrected chi connectivity index (χ1v) is 10.3. The van der Waals surface area contributed by atoms with Crippen LogP contribution in [0.15, 0.2) is 71.1 Å². The molecule has 0 aliphatic heterocycles. The molecule has 3 amide bonds. The Morgan fingerprint density at radius 2 is 1.74 bits per heavy atom. The van der Waals surface area contributed by atoms with Crippen molar-refractivity contribution in [2.45, 2.75) is 6.92 Å². The molecular weight excluding hydrogens is 416 g/mol. The van der Waals surface area contributed by atoms with Gasteiger partial charge >= 0.3 is 11.8 Å². The molecule has 0 aliphatic rings. The molecule has 0 fully saturated rings. The Morgan fingerprint density at radius 1 is 0.968 bits per heavy atom. The smallest absolute Gasteiger partial charge is 0.329 e. The van der Waals surface area contributed by atoms with Crippen LogP contribution in [0.4, 0.5) is 11.4 Å². The van der Waals surface area contributed by atoms with E-state index in [1.165, 1.54) is 23.6 Å². The van der Waals surface area contributed by atoms with Gasteiger partial charge in [-0.3, -0.25) is 14.4 Å².